The molecule has 2 heteroatoms. The summed E-state index contributed by atoms with van der Waals surface area (Å²) in [6, 6.07) is 5.39. The van der Waals surface area contributed by atoms with Crippen molar-refractivity contribution in [3.05, 3.63) is 41.5 Å². The smallest absolute Gasteiger partial charge is 0.150 e. The fourth-order valence-electron chi connectivity index (χ4n) is 1.05. The van der Waals surface area contributed by atoms with E-state index in [1.165, 1.54) is 0 Å². The number of hydrogen-bond acceptors (Lipinski definition) is 2. The molecule has 0 aliphatic carbocycles. The van der Waals surface area contributed by atoms with Crippen LogP contribution < -0.4 is 4.74 Å². The number of aryl methyl sites for hydroxylation is 1. The number of hydrogen-bond donors (Lipinski definition) is 0. The molecule has 1 aromatic rings. The molecule has 0 aliphatic heterocycles. The van der Waals surface area contributed by atoms with E-state index in [0.717, 1.165) is 23.2 Å². The Kier molecular flexibility index (Phi) is 3.46. The van der Waals surface area contributed by atoms with E-state index < -0.39 is 0 Å². The van der Waals surface area contributed by atoms with Crippen LogP contribution in [-0.4, -0.2) is 12.9 Å². The van der Waals surface area contributed by atoms with Crippen molar-refractivity contribution in [1.82, 2.24) is 0 Å². The number of rotatable bonds is 4. The third-order valence-corrected chi connectivity index (χ3v) is 1.82. The van der Waals surface area contributed by atoms with Crippen molar-refractivity contribution in [3.8, 4) is 5.75 Å². The predicted octanol–water partition coefficient (Wildman–Crippen LogP) is 2.76. The summed E-state index contributed by atoms with van der Waals surface area (Å²) in [5.74, 6) is 0.748. The maximum atomic E-state index is 10.5. The summed E-state index contributed by atoms with van der Waals surface area (Å²) < 4.78 is 5.48. The predicted molar refractivity (Wildman–Crippen MR) is 56.9 cm³/mol. The minimum absolute atomic E-state index is 0.489. The number of aldehydes is 1. The molecule has 1 aromatic carbocycles. The SMILES string of the molecule is C=C(C)COc1cc(C=O)ccc1C. The first kappa shape index (κ1) is 10.5. The molecular weight excluding hydrogens is 176 g/mol. The molecule has 74 valence electrons. The van der Waals surface area contributed by atoms with Crippen molar-refractivity contribution in [2.24, 2.45) is 0 Å². The Morgan fingerprint density at radius 3 is 2.86 bits per heavy atom. The van der Waals surface area contributed by atoms with Gasteiger partial charge in [0, 0.05) is 5.56 Å². The van der Waals surface area contributed by atoms with Crippen LogP contribution in [0.15, 0.2) is 30.4 Å². The summed E-state index contributed by atoms with van der Waals surface area (Å²) in [5, 5.41) is 0. The molecule has 0 aromatic heterocycles. The molecule has 0 spiro atoms. The lowest BCUT2D eigenvalue weighted by molar-refractivity contribution is 0.112. The van der Waals surface area contributed by atoms with Crippen LogP contribution in [0.2, 0.25) is 0 Å². The third-order valence-electron chi connectivity index (χ3n) is 1.82. The first-order valence-electron chi connectivity index (χ1n) is 4.46. The Balaban J connectivity index is 2.83. The van der Waals surface area contributed by atoms with Gasteiger partial charge in [0.05, 0.1) is 0 Å². The highest BCUT2D eigenvalue weighted by molar-refractivity contribution is 5.75. The van der Waals surface area contributed by atoms with Gasteiger partial charge >= 0.3 is 0 Å². The van der Waals surface area contributed by atoms with Gasteiger partial charge in [0.1, 0.15) is 18.6 Å². The summed E-state index contributed by atoms with van der Waals surface area (Å²) >= 11 is 0. The zero-order chi connectivity index (χ0) is 10.6. The van der Waals surface area contributed by atoms with Gasteiger partial charge in [-0.05, 0) is 31.1 Å². The number of ether oxygens (including phenoxy) is 1. The van der Waals surface area contributed by atoms with Crippen molar-refractivity contribution < 1.29 is 9.53 Å². The van der Waals surface area contributed by atoms with Gasteiger partial charge < -0.3 is 4.74 Å². The normalized spacial score (nSPS) is 9.57. The lowest BCUT2D eigenvalue weighted by Crippen LogP contribution is -1.99. The maximum Gasteiger partial charge on any atom is 0.150 e. The van der Waals surface area contributed by atoms with Crippen LogP contribution in [0.3, 0.4) is 0 Å². The van der Waals surface area contributed by atoms with E-state index in [-0.39, 0.29) is 0 Å². The molecule has 0 atom stereocenters. The summed E-state index contributed by atoms with van der Waals surface area (Å²) in [6.45, 7) is 8.09. The quantitative estimate of drug-likeness (QED) is 0.539. The molecule has 0 heterocycles. The summed E-state index contributed by atoms with van der Waals surface area (Å²) in [5.41, 5.74) is 2.62. The third kappa shape index (κ3) is 2.73. The zero-order valence-electron chi connectivity index (χ0n) is 8.54. The molecular formula is C12H14O2. The average molecular weight is 190 g/mol. The molecule has 0 amide bonds. The molecule has 1 rings (SSSR count). The van der Waals surface area contributed by atoms with Crippen LogP contribution in [0.1, 0.15) is 22.8 Å². The highest BCUT2D eigenvalue weighted by atomic mass is 16.5. The standard InChI is InChI=1S/C12H14O2/c1-9(2)8-14-12-6-11(7-13)5-4-10(12)3/h4-7H,1,8H2,2-3H3. The molecule has 2 nitrogen and oxygen atoms in total. The maximum absolute atomic E-state index is 10.5. The van der Waals surface area contributed by atoms with Gasteiger partial charge in [0.25, 0.3) is 0 Å². The fourth-order valence-corrected chi connectivity index (χ4v) is 1.05. The average Bonchev–Trinajstić information content (AvgIpc) is 2.16. The van der Waals surface area contributed by atoms with Gasteiger partial charge in [-0.15, -0.1) is 0 Å². The molecule has 0 radical (unpaired) electrons. The molecule has 0 bridgehead atoms. The van der Waals surface area contributed by atoms with Crippen LogP contribution in [-0.2, 0) is 0 Å². The van der Waals surface area contributed by atoms with Gasteiger partial charge in [-0.25, -0.2) is 0 Å². The first-order valence-corrected chi connectivity index (χ1v) is 4.46. The molecule has 0 unspecified atom stereocenters. The van der Waals surface area contributed by atoms with Crippen molar-refractivity contribution in [1.29, 1.82) is 0 Å². The molecule has 0 fully saturated rings. The van der Waals surface area contributed by atoms with Gasteiger partial charge in [-0.1, -0.05) is 18.7 Å². The zero-order valence-corrected chi connectivity index (χ0v) is 8.54. The van der Waals surface area contributed by atoms with Gasteiger partial charge in [-0.2, -0.15) is 0 Å². The fraction of sp³-hybridized carbons (Fsp3) is 0.250. The minimum Gasteiger partial charge on any atom is -0.489 e. The highest BCUT2D eigenvalue weighted by Gasteiger charge is 2.00. The van der Waals surface area contributed by atoms with Crippen molar-refractivity contribution >= 4 is 6.29 Å². The summed E-state index contributed by atoms with van der Waals surface area (Å²) in [4.78, 5) is 10.5. The van der Waals surface area contributed by atoms with E-state index in [4.69, 9.17) is 4.74 Å². The number of carbonyl (C=O) groups excluding carboxylic acids is 1. The van der Waals surface area contributed by atoms with Crippen LogP contribution in [0.5, 0.6) is 5.75 Å². The molecule has 0 N–H and O–H groups in total. The van der Waals surface area contributed by atoms with E-state index in [9.17, 15) is 4.79 Å². The second-order valence-corrected chi connectivity index (χ2v) is 3.39. The van der Waals surface area contributed by atoms with Crippen molar-refractivity contribution in [2.45, 2.75) is 13.8 Å². The second kappa shape index (κ2) is 4.61. The van der Waals surface area contributed by atoms with Crippen LogP contribution >= 0.6 is 0 Å². The van der Waals surface area contributed by atoms with Gasteiger partial charge in [0.15, 0.2) is 0 Å². The largest absolute Gasteiger partial charge is 0.489 e. The topological polar surface area (TPSA) is 26.3 Å². The van der Waals surface area contributed by atoms with E-state index >= 15 is 0 Å². The van der Waals surface area contributed by atoms with E-state index in [2.05, 4.69) is 6.58 Å². The molecule has 0 saturated carbocycles. The minimum atomic E-state index is 0.489. The first-order chi connectivity index (χ1) is 6.63. The van der Waals surface area contributed by atoms with E-state index in [1.54, 1.807) is 12.1 Å². The second-order valence-electron chi connectivity index (χ2n) is 3.39. The molecule has 0 saturated heterocycles. The lowest BCUT2D eigenvalue weighted by Gasteiger charge is -2.08. The van der Waals surface area contributed by atoms with Crippen molar-refractivity contribution in [2.75, 3.05) is 6.61 Å². The summed E-state index contributed by atoms with van der Waals surface area (Å²) in [7, 11) is 0. The molecule has 0 aliphatic rings. The monoisotopic (exact) mass is 190 g/mol. The van der Waals surface area contributed by atoms with Crippen molar-refractivity contribution in [3.63, 3.8) is 0 Å². The Hall–Kier alpha value is -1.57. The number of benzene rings is 1. The Morgan fingerprint density at radius 2 is 2.29 bits per heavy atom. The van der Waals surface area contributed by atoms with Crippen LogP contribution in [0.25, 0.3) is 0 Å². The van der Waals surface area contributed by atoms with Crippen LogP contribution in [0.4, 0.5) is 0 Å². The lowest BCUT2D eigenvalue weighted by atomic mass is 10.1. The van der Waals surface area contributed by atoms with Crippen LogP contribution in [0, 0.1) is 6.92 Å². The van der Waals surface area contributed by atoms with Gasteiger partial charge in [-0.3, -0.25) is 4.79 Å². The molecule has 14 heavy (non-hydrogen) atoms. The van der Waals surface area contributed by atoms with E-state index in [1.807, 2.05) is 19.9 Å². The highest BCUT2D eigenvalue weighted by Crippen LogP contribution is 2.19. The Morgan fingerprint density at radius 1 is 1.57 bits per heavy atom. The Bertz CT molecular complexity index is 353. The van der Waals surface area contributed by atoms with E-state index in [0.29, 0.717) is 12.2 Å². The van der Waals surface area contributed by atoms with Gasteiger partial charge in [0.2, 0.25) is 0 Å². The number of carbonyl (C=O) groups is 1. The summed E-state index contributed by atoms with van der Waals surface area (Å²) in [6.07, 6.45) is 0.813. The Labute approximate surface area is 84.2 Å².